The lowest BCUT2D eigenvalue weighted by atomic mass is 9.50. The van der Waals surface area contributed by atoms with Crippen molar-refractivity contribution in [1.82, 2.24) is 5.32 Å². The van der Waals surface area contributed by atoms with Crippen LogP contribution in [0.5, 0.6) is 0 Å². The number of hydrogen-bond acceptors (Lipinski definition) is 1. The van der Waals surface area contributed by atoms with Crippen LogP contribution in [0, 0.1) is 0 Å². The second-order valence-electron chi connectivity index (χ2n) is 7.42. The molecule has 0 saturated carbocycles. The average Bonchev–Trinajstić information content (AvgIpc) is 2.80. The molecule has 0 aromatic heterocycles. The lowest BCUT2D eigenvalue weighted by molar-refractivity contribution is -0.141. The third-order valence-electron chi connectivity index (χ3n) is 6.03. The predicted molar refractivity (Wildman–Crippen MR) is 115 cm³/mol. The molecule has 0 radical (unpaired) electrons. The molecule has 0 bridgehead atoms. The zero-order chi connectivity index (χ0) is 19.7. The SMILES string of the molecule is O=C1NC(c2ccccc2)(c2ccccc2)C1(c1ccccc1)c1ccccc1. The van der Waals surface area contributed by atoms with E-state index in [0.717, 1.165) is 22.3 Å². The van der Waals surface area contributed by atoms with Crippen molar-refractivity contribution in [3.05, 3.63) is 144 Å². The molecule has 0 aliphatic carbocycles. The van der Waals surface area contributed by atoms with Crippen molar-refractivity contribution in [2.45, 2.75) is 11.0 Å². The topological polar surface area (TPSA) is 29.1 Å². The first-order valence-electron chi connectivity index (χ1n) is 9.85. The van der Waals surface area contributed by atoms with Gasteiger partial charge in [0.25, 0.3) is 0 Å². The predicted octanol–water partition coefficient (Wildman–Crippen LogP) is 5.05. The van der Waals surface area contributed by atoms with Crippen LogP contribution in [0.15, 0.2) is 121 Å². The van der Waals surface area contributed by atoms with Crippen LogP contribution in [-0.4, -0.2) is 5.91 Å². The van der Waals surface area contributed by atoms with Gasteiger partial charge in [-0.3, -0.25) is 4.79 Å². The summed E-state index contributed by atoms with van der Waals surface area (Å²) in [6.07, 6.45) is 0. The van der Waals surface area contributed by atoms with Gasteiger partial charge in [-0.05, 0) is 22.3 Å². The second kappa shape index (κ2) is 6.75. The lowest BCUT2D eigenvalue weighted by Gasteiger charge is -2.59. The van der Waals surface area contributed by atoms with Crippen molar-refractivity contribution in [3.8, 4) is 0 Å². The van der Waals surface area contributed by atoms with Gasteiger partial charge in [0.1, 0.15) is 11.0 Å². The number of hydrogen-bond donors (Lipinski definition) is 1. The molecule has 1 amide bonds. The molecule has 0 unspecified atom stereocenters. The van der Waals surface area contributed by atoms with Crippen molar-refractivity contribution in [2.75, 3.05) is 0 Å². The molecule has 1 N–H and O–H groups in total. The highest BCUT2D eigenvalue weighted by molar-refractivity contribution is 6.03. The fourth-order valence-electron chi connectivity index (χ4n) is 4.82. The Bertz CT molecular complexity index is 1040. The van der Waals surface area contributed by atoms with Gasteiger partial charge in [-0.1, -0.05) is 121 Å². The molecule has 1 fully saturated rings. The largest absolute Gasteiger partial charge is 0.340 e. The Morgan fingerprint density at radius 2 is 0.759 bits per heavy atom. The average molecular weight is 375 g/mol. The summed E-state index contributed by atoms with van der Waals surface area (Å²) in [6.45, 7) is 0. The van der Waals surface area contributed by atoms with Gasteiger partial charge in [0.15, 0.2) is 0 Å². The molecule has 4 aromatic carbocycles. The molecule has 140 valence electrons. The highest BCUT2D eigenvalue weighted by Crippen LogP contribution is 2.57. The second-order valence-corrected chi connectivity index (χ2v) is 7.42. The third kappa shape index (κ3) is 2.32. The molecule has 1 saturated heterocycles. The number of carbonyl (C=O) groups is 1. The molecule has 5 rings (SSSR count). The maximum absolute atomic E-state index is 13.6. The zero-order valence-corrected chi connectivity index (χ0v) is 16.0. The summed E-state index contributed by atoms with van der Waals surface area (Å²) in [5.41, 5.74) is 2.55. The minimum Gasteiger partial charge on any atom is -0.340 e. The maximum atomic E-state index is 13.6. The van der Waals surface area contributed by atoms with Crippen molar-refractivity contribution < 1.29 is 4.79 Å². The van der Waals surface area contributed by atoms with E-state index in [0.29, 0.717) is 0 Å². The molecule has 1 heterocycles. The van der Waals surface area contributed by atoms with Crippen LogP contribution in [-0.2, 0) is 15.7 Å². The normalized spacial score (nSPS) is 16.5. The maximum Gasteiger partial charge on any atom is 0.239 e. The molecular weight excluding hydrogens is 354 g/mol. The molecule has 0 spiro atoms. The Morgan fingerprint density at radius 1 is 0.448 bits per heavy atom. The van der Waals surface area contributed by atoms with Gasteiger partial charge in [0, 0.05) is 0 Å². The van der Waals surface area contributed by atoms with Crippen LogP contribution in [0.4, 0.5) is 0 Å². The van der Waals surface area contributed by atoms with Crippen molar-refractivity contribution in [2.24, 2.45) is 0 Å². The highest BCUT2D eigenvalue weighted by Gasteiger charge is 2.69. The Balaban J connectivity index is 1.91. The smallest absolute Gasteiger partial charge is 0.239 e. The van der Waals surface area contributed by atoms with Gasteiger partial charge in [-0.25, -0.2) is 0 Å². The Kier molecular flexibility index (Phi) is 4.06. The van der Waals surface area contributed by atoms with E-state index in [1.165, 1.54) is 0 Å². The van der Waals surface area contributed by atoms with Gasteiger partial charge in [0.2, 0.25) is 5.91 Å². The standard InChI is InChI=1S/C27H21NO/c29-25-26(21-13-5-1-6-14-21,22-15-7-2-8-16-22)27(28-25,23-17-9-3-10-18-23)24-19-11-4-12-20-24/h1-20H,(H,28,29). The number of amides is 1. The van der Waals surface area contributed by atoms with Crippen LogP contribution in [0.3, 0.4) is 0 Å². The van der Waals surface area contributed by atoms with Crippen LogP contribution in [0.25, 0.3) is 0 Å². The van der Waals surface area contributed by atoms with Gasteiger partial charge >= 0.3 is 0 Å². The Morgan fingerprint density at radius 3 is 1.07 bits per heavy atom. The van der Waals surface area contributed by atoms with E-state index < -0.39 is 11.0 Å². The molecule has 0 atom stereocenters. The first-order valence-corrected chi connectivity index (χ1v) is 9.85. The van der Waals surface area contributed by atoms with Crippen LogP contribution >= 0.6 is 0 Å². The van der Waals surface area contributed by atoms with Crippen molar-refractivity contribution >= 4 is 5.91 Å². The fraction of sp³-hybridized carbons (Fsp3) is 0.0741. The van der Waals surface area contributed by atoms with Crippen LogP contribution < -0.4 is 5.32 Å². The van der Waals surface area contributed by atoms with E-state index >= 15 is 0 Å². The number of nitrogens with one attached hydrogen (secondary N) is 1. The van der Waals surface area contributed by atoms with E-state index in [1.807, 2.05) is 72.8 Å². The molecule has 29 heavy (non-hydrogen) atoms. The van der Waals surface area contributed by atoms with E-state index in [1.54, 1.807) is 0 Å². The lowest BCUT2D eigenvalue weighted by Crippen LogP contribution is -2.77. The minimum absolute atomic E-state index is 0.0163. The quantitative estimate of drug-likeness (QED) is 0.497. The molecule has 1 aliphatic heterocycles. The molecular formula is C27H21NO. The summed E-state index contributed by atoms with van der Waals surface area (Å²) in [4.78, 5) is 13.6. The monoisotopic (exact) mass is 375 g/mol. The highest BCUT2D eigenvalue weighted by atomic mass is 16.2. The first kappa shape index (κ1) is 17.4. The first-order chi connectivity index (χ1) is 14.3. The number of β-lactam (4-membered cyclic amide) rings is 1. The van der Waals surface area contributed by atoms with Crippen molar-refractivity contribution in [1.29, 1.82) is 0 Å². The van der Waals surface area contributed by atoms with E-state index in [-0.39, 0.29) is 5.91 Å². The van der Waals surface area contributed by atoms with Gasteiger partial charge < -0.3 is 5.32 Å². The fourth-order valence-corrected chi connectivity index (χ4v) is 4.82. The molecule has 2 nitrogen and oxygen atoms in total. The molecule has 4 aromatic rings. The van der Waals surface area contributed by atoms with Crippen LogP contribution in [0.1, 0.15) is 22.3 Å². The minimum atomic E-state index is -0.863. The van der Waals surface area contributed by atoms with E-state index in [9.17, 15) is 4.79 Å². The number of rotatable bonds is 4. The van der Waals surface area contributed by atoms with Gasteiger partial charge in [0.05, 0.1) is 0 Å². The molecule has 1 aliphatic rings. The third-order valence-corrected chi connectivity index (χ3v) is 6.03. The Labute approximate surface area is 170 Å². The van der Waals surface area contributed by atoms with E-state index in [2.05, 4.69) is 53.8 Å². The zero-order valence-electron chi connectivity index (χ0n) is 16.0. The van der Waals surface area contributed by atoms with Crippen LogP contribution in [0.2, 0.25) is 0 Å². The summed E-state index contributed by atoms with van der Waals surface area (Å²) in [7, 11) is 0. The van der Waals surface area contributed by atoms with Crippen molar-refractivity contribution in [3.63, 3.8) is 0 Å². The summed E-state index contributed by atoms with van der Waals surface area (Å²) in [5, 5.41) is 3.34. The van der Waals surface area contributed by atoms with Gasteiger partial charge in [-0.15, -0.1) is 0 Å². The van der Waals surface area contributed by atoms with Gasteiger partial charge in [-0.2, -0.15) is 0 Å². The number of benzene rings is 4. The summed E-state index contributed by atoms with van der Waals surface area (Å²) >= 11 is 0. The number of carbonyl (C=O) groups excluding carboxylic acids is 1. The Hall–Kier alpha value is -3.65. The van der Waals surface area contributed by atoms with E-state index in [4.69, 9.17) is 0 Å². The molecule has 2 heteroatoms. The summed E-state index contributed by atoms with van der Waals surface area (Å²) in [6, 6.07) is 40.8. The summed E-state index contributed by atoms with van der Waals surface area (Å²) in [5.74, 6) is 0.0163. The summed E-state index contributed by atoms with van der Waals surface area (Å²) < 4.78 is 0.